The van der Waals surface area contributed by atoms with Gasteiger partial charge in [-0.1, -0.05) is 32.4 Å². The minimum Gasteiger partial charge on any atom is -0.378 e. The van der Waals surface area contributed by atoms with Crippen LogP contribution in [0.4, 0.5) is 5.69 Å². The lowest BCUT2D eigenvalue weighted by molar-refractivity contribution is -0.122. The summed E-state index contributed by atoms with van der Waals surface area (Å²) in [5.41, 5.74) is 2.64. The fraction of sp³-hybridized carbons (Fsp3) is 0.630. The molecule has 1 unspecified atom stereocenters. The van der Waals surface area contributed by atoms with Gasteiger partial charge < -0.3 is 10.2 Å². The predicted octanol–water partition coefficient (Wildman–Crippen LogP) is 4.99. The molecule has 3 fully saturated rings. The van der Waals surface area contributed by atoms with Gasteiger partial charge in [-0.3, -0.25) is 9.59 Å². The van der Waals surface area contributed by atoms with Gasteiger partial charge in [-0.2, -0.15) is 0 Å². The largest absolute Gasteiger partial charge is 0.378 e. The molecule has 0 aromatic heterocycles. The van der Waals surface area contributed by atoms with Crippen LogP contribution in [0.25, 0.3) is 0 Å². The summed E-state index contributed by atoms with van der Waals surface area (Å²) in [5.74, 6) is 1.84. The van der Waals surface area contributed by atoms with Crippen molar-refractivity contribution in [2.24, 2.45) is 28.6 Å². The van der Waals surface area contributed by atoms with Crippen molar-refractivity contribution >= 4 is 17.4 Å². The molecule has 6 atom stereocenters. The van der Waals surface area contributed by atoms with E-state index in [-0.39, 0.29) is 23.1 Å². The maximum absolute atomic E-state index is 13.9. The number of carbonyl (C=O) groups is 2. The molecule has 1 aromatic rings. The quantitative estimate of drug-likeness (QED) is 0.701. The normalized spacial score (nSPS) is 39.0. The van der Waals surface area contributed by atoms with Crippen molar-refractivity contribution in [3.8, 4) is 0 Å². The number of Topliss-reactive ketones (excluding diaryl/α,β-unsaturated/α-hetero) is 1. The summed E-state index contributed by atoms with van der Waals surface area (Å²) in [5, 5.41) is 3.25. The zero-order valence-corrected chi connectivity index (χ0v) is 19.4. The standard InChI is InChI=1S/C27H36N2O2/c1-26-13-6-9-20(26)19-10-11-23-27(2,21(19)12-14-26)22(16-24(30)28-23)25(31)17-7-5-8-18(15-17)29(3)4/h5,7-8,15-16,19-21,23H,6,9-14H2,1-4H3,(H,28,30)/t19-,20-,21+,23?,26-,27-/m0/s1. The Bertz CT molecular complexity index is 950. The highest BCUT2D eigenvalue weighted by atomic mass is 16.2. The summed E-state index contributed by atoms with van der Waals surface area (Å²) in [6.07, 6.45) is 10.3. The van der Waals surface area contributed by atoms with Gasteiger partial charge in [-0.25, -0.2) is 0 Å². The van der Waals surface area contributed by atoms with E-state index < -0.39 is 0 Å². The maximum Gasteiger partial charge on any atom is 0.244 e. The van der Waals surface area contributed by atoms with Crippen LogP contribution in [0.2, 0.25) is 0 Å². The number of fused-ring (bicyclic) bond motifs is 5. The Kier molecular flexibility index (Phi) is 4.84. The van der Waals surface area contributed by atoms with Gasteiger partial charge in [0.15, 0.2) is 5.78 Å². The molecule has 1 aliphatic heterocycles. The highest BCUT2D eigenvalue weighted by Crippen LogP contribution is 2.64. The van der Waals surface area contributed by atoms with Gasteiger partial charge in [0.05, 0.1) is 0 Å². The molecule has 0 radical (unpaired) electrons. The van der Waals surface area contributed by atoms with Crippen LogP contribution in [0, 0.1) is 28.6 Å². The monoisotopic (exact) mass is 420 g/mol. The average molecular weight is 421 g/mol. The van der Waals surface area contributed by atoms with E-state index in [2.05, 4.69) is 19.2 Å². The first kappa shape index (κ1) is 20.8. The van der Waals surface area contributed by atoms with Gasteiger partial charge in [-0.05, 0) is 73.8 Å². The molecule has 1 N–H and O–H groups in total. The van der Waals surface area contributed by atoms with E-state index in [0.29, 0.717) is 22.8 Å². The molecule has 1 amide bonds. The van der Waals surface area contributed by atoms with E-state index in [1.165, 1.54) is 38.5 Å². The van der Waals surface area contributed by atoms with E-state index in [4.69, 9.17) is 0 Å². The predicted molar refractivity (Wildman–Crippen MR) is 124 cm³/mol. The molecule has 0 spiro atoms. The number of amides is 1. The molecule has 4 aliphatic rings. The molecular formula is C27H36N2O2. The van der Waals surface area contributed by atoms with Crippen molar-refractivity contribution in [1.82, 2.24) is 5.32 Å². The fourth-order valence-corrected chi connectivity index (χ4v) is 7.85. The van der Waals surface area contributed by atoms with Crippen molar-refractivity contribution in [2.45, 2.75) is 64.8 Å². The lowest BCUT2D eigenvalue weighted by atomic mass is 9.46. The lowest BCUT2D eigenvalue weighted by Crippen LogP contribution is -2.61. The minimum atomic E-state index is -0.286. The molecule has 0 bridgehead atoms. The third-order valence-corrected chi connectivity index (χ3v) is 9.54. The molecule has 1 heterocycles. The second kappa shape index (κ2) is 7.21. The molecule has 3 aliphatic carbocycles. The Balaban J connectivity index is 1.55. The van der Waals surface area contributed by atoms with Crippen molar-refractivity contribution in [3.05, 3.63) is 41.5 Å². The van der Waals surface area contributed by atoms with Crippen LogP contribution in [0.3, 0.4) is 0 Å². The highest BCUT2D eigenvalue weighted by Gasteiger charge is 2.60. The van der Waals surface area contributed by atoms with E-state index in [0.717, 1.165) is 23.6 Å². The summed E-state index contributed by atoms with van der Waals surface area (Å²) < 4.78 is 0. The average Bonchev–Trinajstić information content (AvgIpc) is 3.15. The van der Waals surface area contributed by atoms with Crippen molar-refractivity contribution in [3.63, 3.8) is 0 Å². The number of rotatable bonds is 3. The maximum atomic E-state index is 13.9. The third kappa shape index (κ3) is 3.08. The number of ketones is 1. The SMILES string of the molecule is CN(C)c1cccc(C(=O)C2=CC(=O)NC3CC[C@@H]4[C@@H](CC[C@]5(C)CCC[C@@H]45)[C@@]23C)c1. The topological polar surface area (TPSA) is 49.4 Å². The van der Waals surface area contributed by atoms with Crippen LogP contribution >= 0.6 is 0 Å². The number of nitrogens with one attached hydrogen (secondary N) is 1. The fourth-order valence-electron chi connectivity index (χ4n) is 7.85. The zero-order chi connectivity index (χ0) is 22.0. The van der Waals surface area contributed by atoms with Gasteiger partial charge in [0.1, 0.15) is 0 Å². The van der Waals surface area contributed by atoms with E-state index in [1.807, 2.05) is 43.3 Å². The molecule has 3 saturated carbocycles. The zero-order valence-electron chi connectivity index (χ0n) is 19.4. The van der Waals surface area contributed by atoms with Gasteiger partial charge in [-0.15, -0.1) is 0 Å². The van der Waals surface area contributed by atoms with Crippen LogP contribution in [0.5, 0.6) is 0 Å². The summed E-state index contributed by atoms with van der Waals surface area (Å²) >= 11 is 0. The lowest BCUT2D eigenvalue weighted by Gasteiger charge is -2.59. The van der Waals surface area contributed by atoms with Gasteiger partial charge in [0.25, 0.3) is 0 Å². The Morgan fingerprint density at radius 3 is 2.65 bits per heavy atom. The van der Waals surface area contributed by atoms with E-state index >= 15 is 0 Å². The van der Waals surface area contributed by atoms with Gasteiger partial charge >= 0.3 is 0 Å². The van der Waals surface area contributed by atoms with Crippen molar-refractivity contribution < 1.29 is 9.59 Å². The van der Waals surface area contributed by atoms with Gasteiger partial charge in [0.2, 0.25) is 5.91 Å². The van der Waals surface area contributed by atoms with Crippen LogP contribution in [-0.2, 0) is 4.79 Å². The summed E-state index contributed by atoms with van der Waals surface area (Å²) in [6.45, 7) is 4.79. The Morgan fingerprint density at radius 2 is 1.87 bits per heavy atom. The van der Waals surface area contributed by atoms with E-state index in [9.17, 15) is 9.59 Å². The van der Waals surface area contributed by atoms with E-state index in [1.54, 1.807) is 6.08 Å². The number of hydrogen-bond acceptors (Lipinski definition) is 3. The Morgan fingerprint density at radius 1 is 1.06 bits per heavy atom. The Hall–Kier alpha value is -2.10. The first-order valence-electron chi connectivity index (χ1n) is 12.1. The first-order valence-corrected chi connectivity index (χ1v) is 12.1. The molecule has 0 saturated heterocycles. The summed E-state index contributed by atoms with van der Waals surface area (Å²) in [4.78, 5) is 28.5. The van der Waals surface area contributed by atoms with Crippen LogP contribution < -0.4 is 10.2 Å². The Labute approximate surface area is 186 Å². The second-order valence-corrected chi connectivity index (χ2v) is 11.2. The molecule has 4 heteroatoms. The number of anilines is 1. The van der Waals surface area contributed by atoms with Crippen molar-refractivity contribution in [2.75, 3.05) is 19.0 Å². The number of benzene rings is 1. The molecule has 4 nitrogen and oxygen atoms in total. The number of nitrogens with zero attached hydrogens (tertiary/aromatic N) is 1. The van der Waals surface area contributed by atoms with Crippen molar-refractivity contribution in [1.29, 1.82) is 0 Å². The molecular weight excluding hydrogens is 384 g/mol. The highest BCUT2D eigenvalue weighted by molar-refractivity contribution is 6.14. The van der Waals surface area contributed by atoms with Crippen LogP contribution in [0.1, 0.15) is 69.2 Å². The summed E-state index contributed by atoms with van der Waals surface area (Å²) in [6, 6.07) is 7.88. The molecule has 1 aromatic carbocycles. The molecule has 166 valence electrons. The third-order valence-electron chi connectivity index (χ3n) is 9.54. The smallest absolute Gasteiger partial charge is 0.244 e. The second-order valence-electron chi connectivity index (χ2n) is 11.2. The first-order chi connectivity index (χ1) is 14.7. The minimum absolute atomic E-state index is 0.0338. The molecule has 31 heavy (non-hydrogen) atoms. The van der Waals surface area contributed by atoms with Crippen LogP contribution in [0.15, 0.2) is 35.9 Å². The summed E-state index contributed by atoms with van der Waals surface area (Å²) in [7, 11) is 3.97. The number of carbonyl (C=O) groups excluding carboxylic acids is 2. The van der Waals surface area contributed by atoms with Crippen LogP contribution in [-0.4, -0.2) is 31.8 Å². The number of hydrogen-bond donors (Lipinski definition) is 1. The molecule has 5 rings (SSSR count). The van der Waals surface area contributed by atoms with Gasteiger partial charge in [0, 0.05) is 48.5 Å².